The van der Waals surface area contributed by atoms with Gasteiger partial charge in [-0.05, 0) is 60.8 Å². The highest BCUT2D eigenvalue weighted by Crippen LogP contribution is 2.35. The Balaban J connectivity index is 0.000000314. The second-order valence-electron chi connectivity index (χ2n) is 22.9. The number of rotatable bonds is 26. The van der Waals surface area contributed by atoms with Gasteiger partial charge in [0.05, 0.1) is 88.9 Å². The topological polar surface area (TPSA) is 357 Å². The van der Waals surface area contributed by atoms with Gasteiger partial charge < -0.3 is 70.6 Å². The average molecular weight is 1230 g/mol. The third-order valence-electron chi connectivity index (χ3n) is 13.9. The van der Waals surface area contributed by atoms with Crippen LogP contribution in [0.4, 0.5) is 0 Å². The molecule has 0 spiro atoms. The lowest BCUT2D eigenvalue weighted by Crippen LogP contribution is -2.55. The number of hydrogen-bond acceptors (Lipinski definition) is 19. The number of carboxylic acid groups (broad SMARTS) is 3. The van der Waals surface area contributed by atoms with Crippen molar-refractivity contribution in [3.05, 3.63) is 82.1 Å². The smallest absolute Gasteiger partial charge is 0.329 e. The minimum Gasteiger partial charge on any atom is -0.480 e. The number of likely N-dealkylation sites (tertiary alicyclic amines) is 2. The molecule has 8 atom stereocenters. The van der Waals surface area contributed by atoms with Crippen LogP contribution >= 0.6 is 22.7 Å². The lowest BCUT2D eigenvalue weighted by Gasteiger charge is -2.35. The Morgan fingerprint density at radius 3 is 1.26 bits per heavy atom. The van der Waals surface area contributed by atoms with E-state index < -0.39 is 84.8 Å². The molecule has 2 aromatic heterocycles. The Kier molecular flexibility index (Phi) is 27.8. The highest BCUT2D eigenvalue weighted by atomic mass is 32.1. The van der Waals surface area contributed by atoms with E-state index in [0.29, 0.717) is 0 Å². The number of Topliss-reactive ketones (excluding diaryl/α,β-unsaturated/α-hetero) is 1. The second-order valence-corrected chi connectivity index (χ2v) is 24.6. The van der Waals surface area contributed by atoms with Crippen molar-refractivity contribution in [1.82, 2.24) is 30.4 Å². The highest BCUT2D eigenvalue weighted by Gasteiger charge is 2.45. The molecular weight excluding hydrogens is 1140 g/mol. The number of thiazole rings is 2. The van der Waals surface area contributed by atoms with Gasteiger partial charge in [-0.1, -0.05) is 90.1 Å². The monoisotopic (exact) mass is 1230 g/mol. The number of aliphatic hydroxyl groups excluding tert-OH is 2. The van der Waals surface area contributed by atoms with Crippen molar-refractivity contribution in [1.29, 1.82) is 0 Å². The predicted molar refractivity (Wildman–Crippen MR) is 316 cm³/mol. The van der Waals surface area contributed by atoms with Crippen LogP contribution in [0, 0.1) is 30.6 Å². The number of amides is 4. The van der Waals surface area contributed by atoms with E-state index in [1.54, 1.807) is 28.2 Å². The molecule has 2 aromatic carbocycles. The van der Waals surface area contributed by atoms with Crippen LogP contribution in [0.15, 0.2) is 59.6 Å². The van der Waals surface area contributed by atoms with Crippen molar-refractivity contribution in [3.8, 4) is 20.9 Å². The van der Waals surface area contributed by atoms with Gasteiger partial charge in [0.2, 0.25) is 23.6 Å². The summed E-state index contributed by atoms with van der Waals surface area (Å²) in [5.41, 5.74) is 14.7. The lowest BCUT2D eigenvalue weighted by atomic mass is 9.77. The molecule has 9 N–H and O–H groups in total. The van der Waals surface area contributed by atoms with Gasteiger partial charge in [0.25, 0.3) is 0 Å². The zero-order valence-electron chi connectivity index (χ0n) is 49.9. The predicted octanol–water partition coefficient (Wildman–Crippen LogP) is 4.82. The Morgan fingerprint density at radius 1 is 0.588 bits per heavy atom. The molecule has 0 unspecified atom stereocenters. The number of nitrogens with zero attached hydrogens (tertiary/aromatic N) is 4. The minimum atomic E-state index is -1.09. The summed E-state index contributed by atoms with van der Waals surface area (Å²) in [7, 11) is 0. The second kappa shape index (κ2) is 33.3. The van der Waals surface area contributed by atoms with Gasteiger partial charge in [-0.15, -0.1) is 22.7 Å². The van der Waals surface area contributed by atoms with Crippen molar-refractivity contribution >= 4 is 70.0 Å². The number of carboxylic acids is 3. The van der Waals surface area contributed by atoms with Crippen molar-refractivity contribution in [2.75, 3.05) is 65.9 Å². The van der Waals surface area contributed by atoms with E-state index >= 15 is 0 Å². The van der Waals surface area contributed by atoms with Gasteiger partial charge in [0.1, 0.15) is 38.5 Å². The van der Waals surface area contributed by atoms with Gasteiger partial charge >= 0.3 is 17.9 Å². The Labute approximate surface area is 503 Å². The summed E-state index contributed by atoms with van der Waals surface area (Å²) in [6, 6.07) is 13.0. The molecule has 4 heterocycles. The van der Waals surface area contributed by atoms with Crippen LogP contribution in [0.5, 0.6) is 0 Å². The molecule has 26 heteroatoms. The first-order valence-electron chi connectivity index (χ1n) is 27.7. The van der Waals surface area contributed by atoms with Gasteiger partial charge in [-0.3, -0.25) is 24.0 Å². The SMILES string of the molecule is Cc1ncsc1-c1ccc([C@H](C)NC(=O)[C@@H]2C[C@@H](O)CN2C(=O)[C@@H](CC(=O)COCCOCC(=O)O)C(C)(C)C)cc1.Cc1ncsc1-c1ccc([C@H](C)NC(=O)[C@@H]2C[C@@H](O)CN2C(=O)[C@@H](N)C(C)(C)C)cc1.O=C(O)COCCOCC(=O)O. The van der Waals surface area contributed by atoms with Crippen LogP contribution in [0.2, 0.25) is 0 Å². The third kappa shape index (κ3) is 22.6. The quantitative estimate of drug-likeness (QED) is 0.0391. The van der Waals surface area contributed by atoms with Crippen LogP contribution in [0.1, 0.15) is 109 Å². The van der Waals surface area contributed by atoms with Crippen molar-refractivity contribution in [3.63, 3.8) is 0 Å². The third-order valence-corrected chi connectivity index (χ3v) is 15.9. The van der Waals surface area contributed by atoms with Gasteiger partial charge in [0.15, 0.2) is 5.78 Å². The Hall–Kier alpha value is -6.62. The molecular formula is C59H83N7O17S2. The number of aliphatic hydroxyl groups is 2. The number of aromatic nitrogens is 2. The molecule has 0 radical (unpaired) electrons. The number of ether oxygens (including phenoxy) is 4. The average Bonchev–Trinajstić information content (AvgIpc) is 3.73. The summed E-state index contributed by atoms with van der Waals surface area (Å²) in [5.74, 6) is -5.57. The fraction of sp³-hybridized carbons (Fsp3) is 0.559. The van der Waals surface area contributed by atoms with E-state index in [1.165, 1.54) is 9.80 Å². The molecule has 4 amide bonds. The fourth-order valence-electron chi connectivity index (χ4n) is 9.10. The van der Waals surface area contributed by atoms with Crippen LogP contribution in [0.25, 0.3) is 20.9 Å². The fourth-order valence-corrected chi connectivity index (χ4v) is 10.7. The summed E-state index contributed by atoms with van der Waals surface area (Å²) in [6.07, 6.45) is -1.36. The molecule has 6 rings (SSSR count). The zero-order valence-corrected chi connectivity index (χ0v) is 51.5. The number of aliphatic carboxylic acids is 3. The van der Waals surface area contributed by atoms with E-state index in [4.69, 9.17) is 30.5 Å². The lowest BCUT2D eigenvalue weighted by molar-refractivity contribution is -0.147. The Bertz CT molecular complexity index is 2830. The van der Waals surface area contributed by atoms with Crippen molar-refractivity contribution in [2.45, 2.75) is 131 Å². The zero-order chi connectivity index (χ0) is 63.3. The number of carbonyl (C=O) groups excluding carboxylic acids is 5. The number of ketones is 1. The summed E-state index contributed by atoms with van der Waals surface area (Å²) < 4.78 is 19.3. The number of β-amino-alcohol motifs (C(OH)–C–C–N with tert-alkyl or cyclic N) is 2. The number of hydrogen-bond donors (Lipinski definition) is 8. The first-order chi connectivity index (χ1) is 39.9. The number of benzene rings is 2. The normalized spacial score (nSPS) is 18.2. The summed E-state index contributed by atoms with van der Waals surface area (Å²) >= 11 is 3.17. The number of nitrogens with two attached hydrogens (primary N) is 1. The van der Waals surface area contributed by atoms with Crippen LogP contribution in [-0.2, 0) is 57.3 Å². The summed E-state index contributed by atoms with van der Waals surface area (Å²) in [6.45, 7) is 17.8. The molecule has 2 fully saturated rings. The number of carbonyl (C=O) groups is 8. The number of nitrogens with one attached hydrogen (secondary N) is 2. The van der Waals surface area contributed by atoms with E-state index in [2.05, 4.69) is 30.1 Å². The largest absolute Gasteiger partial charge is 0.480 e. The van der Waals surface area contributed by atoms with Crippen LogP contribution in [-0.4, -0.2) is 189 Å². The molecule has 24 nitrogen and oxygen atoms in total. The standard InChI is InChI=1S/C30H41N3O8S.C23H32N4O3S.C6H10O6/c1-18(20-6-8-21(9-7-20)27-19(2)31-17-42-27)32-28(38)25-13-22(34)14-33(25)29(39)24(30(3,4)5)12-23(35)15-40-10-11-41-16-26(36)37;1-13(15-6-8-16(9-7-15)19-14(2)25-12-31-19)26-21(29)18-10-17(28)11-27(18)22(30)20(24)23(3,4)5;7-5(8)3-11-1-2-12-4-6(9)10/h6-9,17-18,22,24-25,34H,10-16H2,1-5H3,(H,32,38)(H,36,37);6-9,12-13,17-18,20,28H,10-11,24H2,1-5H3,(H,26,29);1-4H2,(H,7,8)(H,9,10)/t18-,22+,24+,25-;13-,17+,18-,20+;/m00./s1. The van der Waals surface area contributed by atoms with E-state index in [1.807, 2.05) is 123 Å². The molecule has 0 saturated carbocycles. The summed E-state index contributed by atoms with van der Waals surface area (Å²) in [5, 5.41) is 51.3. The highest BCUT2D eigenvalue weighted by molar-refractivity contribution is 7.13. The molecule has 2 saturated heterocycles. The van der Waals surface area contributed by atoms with E-state index in [0.717, 1.165) is 43.4 Å². The van der Waals surface area contributed by atoms with E-state index in [9.17, 15) is 48.6 Å². The molecule has 2 aliphatic rings. The molecule has 0 aliphatic carbocycles. The first-order valence-corrected chi connectivity index (χ1v) is 29.5. The molecule has 0 bridgehead atoms. The molecule has 2 aliphatic heterocycles. The maximum atomic E-state index is 13.8. The maximum Gasteiger partial charge on any atom is 0.329 e. The van der Waals surface area contributed by atoms with Crippen molar-refractivity contribution < 1.29 is 82.8 Å². The summed E-state index contributed by atoms with van der Waals surface area (Å²) in [4.78, 5) is 110. The van der Waals surface area contributed by atoms with Crippen LogP contribution in [0.3, 0.4) is 0 Å². The minimum absolute atomic E-state index is 0.00633. The van der Waals surface area contributed by atoms with Gasteiger partial charge in [-0.2, -0.15) is 0 Å². The van der Waals surface area contributed by atoms with Crippen LogP contribution < -0.4 is 16.4 Å². The first kappa shape index (κ1) is 70.9. The maximum absolute atomic E-state index is 13.8. The molecule has 468 valence electrons. The Morgan fingerprint density at radius 2 is 0.941 bits per heavy atom. The molecule has 85 heavy (non-hydrogen) atoms. The molecule has 4 aromatic rings. The number of aryl methyl sites for hydroxylation is 2. The van der Waals surface area contributed by atoms with Crippen molar-refractivity contribution in [2.24, 2.45) is 22.5 Å². The van der Waals surface area contributed by atoms with Gasteiger partial charge in [0, 0.05) is 38.3 Å². The van der Waals surface area contributed by atoms with E-state index in [-0.39, 0.29) is 107 Å². The van der Waals surface area contributed by atoms with Gasteiger partial charge in [-0.25, -0.2) is 24.4 Å².